The second-order valence-electron chi connectivity index (χ2n) is 8.10. The molecule has 0 spiro atoms. The van der Waals surface area contributed by atoms with E-state index in [0.29, 0.717) is 5.69 Å². The zero-order valence-electron chi connectivity index (χ0n) is 18.1. The minimum atomic E-state index is -0.505. The number of benzene rings is 3. The summed E-state index contributed by atoms with van der Waals surface area (Å²) in [6.45, 7) is 1.60. The van der Waals surface area contributed by atoms with Crippen LogP contribution in [0.15, 0.2) is 83.9 Å². The summed E-state index contributed by atoms with van der Waals surface area (Å²) in [5.41, 5.74) is 4.93. The number of urea groups is 1. The Kier molecular flexibility index (Phi) is 6.24. The number of thioether (sulfide) groups is 1. The summed E-state index contributed by atoms with van der Waals surface area (Å²) in [5, 5.41) is 16.9. The number of fused-ring (bicyclic) bond motifs is 2. The Morgan fingerprint density at radius 2 is 1.97 bits per heavy atom. The summed E-state index contributed by atoms with van der Waals surface area (Å²) in [6, 6.07) is 23.4. The van der Waals surface area contributed by atoms with E-state index in [4.69, 9.17) is 0 Å². The molecule has 1 aromatic heterocycles. The minimum Gasteiger partial charge on any atom is -0.394 e. The number of anilines is 2. The van der Waals surface area contributed by atoms with Crippen molar-refractivity contribution in [3.63, 3.8) is 0 Å². The van der Waals surface area contributed by atoms with Crippen LogP contribution >= 0.6 is 11.8 Å². The smallest absolute Gasteiger partial charge is 0.319 e. The van der Waals surface area contributed by atoms with Gasteiger partial charge in [-0.1, -0.05) is 42.5 Å². The van der Waals surface area contributed by atoms with Crippen molar-refractivity contribution in [3.8, 4) is 0 Å². The highest BCUT2D eigenvalue weighted by Gasteiger charge is 2.21. The third-order valence-electron chi connectivity index (χ3n) is 5.86. The third kappa shape index (κ3) is 4.84. The second-order valence-corrected chi connectivity index (χ2v) is 9.23. The van der Waals surface area contributed by atoms with Crippen LogP contribution in [0.5, 0.6) is 0 Å². The molecule has 2 heterocycles. The summed E-state index contributed by atoms with van der Waals surface area (Å²) in [4.78, 5) is 19.4. The van der Waals surface area contributed by atoms with E-state index in [2.05, 4.69) is 56.9 Å². The lowest BCUT2D eigenvalue weighted by Gasteiger charge is -2.32. The van der Waals surface area contributed by atoms with Crippen molar-refractivity contribution in [2.75, 3.05) is 29.1 Å². The number of aliphatic hydroxyl groups is 1. The Hall–Kier alpha value is -3.42. The van der Waals surface area contributed by atoms with Crippen molar-refractivity contribution >= 4 is 40.1 Å². The number of rotatable bonds is 6. The molecule has 1 aliphatic heterocycles. The maximum Gasteiger partial charge on any atom is 0.319 e. The average molecular weight is 459 g/mol. The summed E-state index contributed by atoms with van der Waals surface area (Å²) < 4.78 is 0. The van der Waals surface area contributed by atoms with E-state index in [1.165, 1.54) is 10.5 Å². The lowest BCUT2D eigenvalue weighted by molar-refractivity contribution is 0.225. The molecular formula is C26H26N4O2S. The van der Waals surface area contributed by atoms with Crippen molar-refractivity contribution in [1.82, 2.24) is 10.3 Å². The van der Waals surface area contributed by atoms with E-state index >= 15 is 0 Å². The molecule has 0 saturated heterocycles. The fourth-order valence-electron chi connectivity index (χ4n) is 4.16. The van der Waals surface area contributed by atoms with Gasteiger partial charge in [0.15, 0.2) is 0 Å². The monoisotopic (exact) mass is 458 g/mol. The Bertz CT molecular complexity index is 1260. The Balaban J connectivity index is 1.31. The highest BCUT2D eigenvalue weighted by molar-refractivity contribution is 7.99. The van der Waals surface area contributed by atoms with Crippen LogP contribution in [0, 0.1) is 0 Å². The average Bonchev–Trinajstić information content (AvgIpc) is 3.31. The fourth-order valence-corrected chi connectivity index (χ4v) is 5.19. The van der Waals surface area contributed by atoms with Crippen LogP contribution in [0.2, 0.25) is 0 Å². The van der Waals surface area contributed by atoms with Gasteiger partial charge in [0.2, 0.25) is 0 Å². The Labute approximate surface area is 197 Å². The van der Waals surface area contributed by atoms with Gasteiger partial charge in [0.25, 0.3) is 0 Å². The van der Waals surface area contributed by atoms with Crippen LogP contribution < -0.4 is 15.5 Å². The van der Waals surface area contributed by atoms with Crippen LogP contribution in [-0.2, 0) is 6.54 Å². The van der Waals surface area contributed by atoms with Crippen LogP contribution in [0.4, 0.5) is 16.2 Å². The first-order chi connectivity index (χ1) is 16.2. The molecule has 1 atom stereocenters. The maximum atomic E-state index is 12.7. The van der Waals surface area contributed by atoms with Gasteiger partial charge in [-0.2, -0.15) is 0 Å². The van der Waals surface area contributed by atoms with E-state index in [-0.39, 0.29) is 12.6 Å². The third-order valence-corrected chi connectivity index (χ3v) is 6.90. The highest BCUT2D eigenvalue weighted by Crippen LogP contribution is 2.37. The molecule has 2 amide bonds. The van der Waals surface area contributed by atoms with Gasteiger partial charge >= 0.3 is 6.03 Å². The first kappa shape index (κ1) is 21.4. The van der Waals surface area contributed by atoms with E-state index in [9.17, 15) is 9.90 Å². The molecule has 3 aromatic carbocycles. The molecule has 4 N–H and O–H groups in total. The number of aromatic amines is 1. The van der Waals surface area contributed by atoms with Crippen LogP contribution in [0.1, 0.15) is 17.2 Å². The number of nitrogens with zero attached hydrogens (tertiary/aromatic N) is 1. The van der Waals surface area contributed by atoms with Gasteiger partial charge in [0.1, 0.15) is 0 Å². The maximum absolute atomic E-state index is 12.7. The molecule has 0 saturated carbocycles. The molecule has 5 rings (SSSR count). The SMILES string of the molecule is O=C(Nc1ccc2cc[nH]c2c1)N[C@@H](CO)c1ccc2c(c1)N(Cc1ccccc1)CCS2. The number of nitrogens with one attached hydrogen (secondary N) is 3. The standard InChI is InChI=1S/C26H26N4O2S/c31-17-23(29-26(32)28-21-8-6-19-10-11-27-22(19)15-21)20-7-9-25-24(14-20)30(12-13-33-25)16-18-4-2-1-3-5-18/h1-11,14-15,23,27,31H,12-13,16-17H2,(H2,28,29,32)/t23-/m0/s1. The fraction of sp³-hybridized carbons (Fsp3) is 0.192. The number of amides is 2. The van der Waals surface area contributed by atoms with E-state index in [1.54, 1.807) is 0 Å². The summed E-state index contributed by atoms with van der Waals surface area (Å²) in [5.74, 6) is 1.04. The first-order valence-corrected chi connectivity index (χ1v) is 12.0. The number of aromatic nitrogens is 1. The molecule has 0 bridgehead atoms. The number of aliphatic hydroxyl groups excluding tert-OH is 1. The van der Waals surface area contributed by atoms with Gasteiger partial charge in [-0.15, -0.1) is 11.8 Å². The zero-order valence-corrected chi connectivity index (χ0v) is 18.9. The zero-order chi connectivity index (χ0) is 22.6. The highest BCUT2D eigenvalue weighted by atomic mass is 32.2. The van der Waals surface area contributed by atoms with Crippen molar-refractivity contribution in [1.29, 1.82) is 0 Å². The first-order valence-electron chi connectivity index (χ1n) is 11.0. The normalized spacial score (nSPS) is 14.0. The quantitative estimate of drug-likeness (QED) is 0.323. The van der Waals surface area contributed by atoms with E-state index in [0.717, 1.165) is 41.0 Å². The summed E-state index contributed by atoms with van der Waals surface area (Å²) in [7, 11) is 0. The number of carbonyl (C=O) groups excluding carboxylic acids is 1. The van der Waals surface area contributed by atoms with Gasteiger partial charge in [-0.25, -0.2) is 4.79 Å². The Morgan fingerprint density at radius 3 is 2.82 bits per heavy atom. The largest absolute Gasteiger partial charge is 0.394 e. The second kappa shape index (κ2) is 9.60. The van der Waals surface area contributed by atoms with Gasteiger partial charge in [-0.3, -0.25) is 0 Å². The molecule has 4 aromatic rings. The van der Waals surface area contributed by atoms with Crippen molar-refractivity contribution in [2.24, 2.45) is 0 Å². The summed E-state index contributed by atoms with van der Waals surface area (Å²) >= 11 is 1.84. The molecule has 168 valence electrons. The Morgan fingerprint density at radius 1 is 1.09 bits per heavy atom. The van der Waals surface area contributed by atoms with Crippen LogP contribution in [-0.4, -0.2) is 35.0 Å². The predicted molar refractivity (Wildman–Crippen MR) is 135 cm³/mol. The van der Waals surface area contributed by atoms with Crippen LogP contribution in [0.3, 0.4) is 0 Å². The van der Waals surface area contributed by atoms with Gasteiger partial charge in [0.05, 0.1) is 18.3 Å². The van der Waals surface area contributed by atoms with E-state index in [1.807, 2.05) is 54.4 Å². The lowest BCUT2D eigenvalue weighted by Crippen LogP contribution is -2.35. The lowest BCUT2D eigenvalue weighted by atomic mass is 10.1. The summed E-state index contributed by atoms with van der Waals surface area (Å²) in [6.07, 6.45) is 1.87. The van der Waals surface area contributed by atoms with Gasteiger partial charge < -0.3 is 25.6 Å². The molecule has 0 radical (unpaired) electrons. The molecule has 0 aliphatic carbocycles. The number of hydrogen-bond acceptors (Lipinski definition) is 4. The topological polar surface area (TPSA) is 80.4 Å². The number of carbonyl (C=O) groups is 1. The van der Waals surface area contributed by atoms with Crippen molar-refractivity contribution in [2.45, 2.75) is 17.5 Å². The number of H-pyrrole nitrogens is 1. The molecule has 1 aliphatic rings. The molecule has 7 heteroatoms. The van der Waals surface area contributed by atoms with Crippen LogP contribution in [0.25, 0.3) is 10.9 Å². The minimum absolute atomic E-state index is 0.187. The van der Waals surface area contributed by atoms with Gasteiger partial charge in [0, 0.05) is 41.1 Å². The molecule has 33 heavy (non-hydrogen) atoms. The molecule has 0 unspecified atom stereocenters. The molecular weight excluding hydrogens is 432 g/mol. The van der Waals surface area contributed by atoms with E-state index < -0.39 is 6.04 Å². The predicted octanol–water partition coefficient (Wildman–Crippen LogP) is 5.14. The van der Waals surface area contributed by atoms with Crippen molar-refractivity contribution in [3.05, 3.63) is 90.1 Å². The molecule has 6 nitrogen and oxygen atoms in total. The number of hydrogen-bond donors (Lipinski definition) is 4. The van der Waals surface area contributed by atoms with Gasteiger partial charge in [-0.05, 0) is 46.8 Å². The molecule has 0 fully saturated rings. The van der Waals surface area contributed by atoms with Crippen molar-refractivity contribution < 1.29 is 9.90 Å².